The van der Waals surface area contributed by atoms with E-state index < -0.39 is 11.9 Å². The van der Waals surface area contributed by atoms with Crippen molar-refractivity contribution in [2.45, 2.75) is 43.4 Å². The molecule has 7 heteroatoms. The van der Waals surface area contributed by atoms with Crippen LogP contribution in [0.25, 0.3) is 0 Å². The monoisotopic (exact) mass is 447 g/mol. The second kappa shape index (κ2) is 8.35. The number of urea groups is 1. The van der Waals surface area contributed by atoms with Gasteiger partial charge in [0.15, 0.2) is 0 Å². The minimum absolute atomic E-state index is 0.433. The van der Waals surface area contributed by atoms with Gasteiger partial charge in [0.05, 0.1) is 5.56 Å². The fourth-order valence-electron chi connectivity index (χ4n) is 3.80. The molecule has 2 aliphatic rings. The topological polar surface area (TPSA) is 98.2 Å². The smallest absolute Gasteiger partial charge is 0.316 e. The third kappa shape index (κ3) is 4.47. The third-order valence-corrected chi connectivity index (χ3v) is 5.83. The lowest BCUT2D eigenvalue weighted by atomic mass is 9.99. The molecule has 0 aliphatic heterocycles. The lowest BCUT2D eigenvalue weighted by Crippen LogP contribution is -2.21. The summed E-state index contributed by atoms with van der Waals surface area (Å²) in [7, 11) is 0. The molecule has 0 unspecified atom stereocenters. The van der Waals surface area contributed by atoms with Gasteiger partial charge in [0.1, 0.15) is 0 Å². The van der Waals surface area contributed by atoms with Gasteiger partial charge in [0.2, 0.25) is 5.91 Å². The molecule has 2 aliphatic carbocycles. The molecule has 0 saturated carbocycles. The minimum atomic E-state index is -0.462. The zero-order valence-electron chi connectivity index (χ0n) is 14.8. The Morgan fingerprint density at radius 1 is 0.963 bits per heavy atom. The summed E-state index contributed by atoms with van der Waals surface area (Å²) < 4.78 is 0.823. The highest BCUT2D eigenvalue weighted by atomic mass is 79.9. The number of carbonyl (C=O) groups excluding carboxylic acids is 2. The number of aryl methyl sites for hydroxylation is 2. The summed E-state index contributed by atoms with van der Waals surface area (Å²) in [5, 5.41) is 2.84. The van der Waals surface area contributed by atoms with Crippen LogP contribution in [0.4, 0.5) is 10.5 Å². The summed E-state index contributed by atoms with van der Waals surface area (Å²) in [6, 6.07) is 7.07. The number of nitrogens with two attached hydrogens (primary N) is 2. The predicted molar refractivity (Wildman–Crippen MR) is 114 cm³/mol. The molecule has 0 heterocycles. The van der Waals surface area contributed by atoms with E-state index in [-0.39, 0.29) is 0 Å². The molecule has 2 aromatic rings. The molecule has 3 amide bonds. The number of hydrogen-bond acceptors (Lipinski definition) is 3. The lowest BCUT2D eigenvalue weighted by Gasteiger charge is -2.14. The number of anilines is 1. The number of amides is 3. The van der Waals surface area contributed by atoms with E-state index in [0.717, 1.165) is 35.8 Å². The second-order valence-corrected chi connectivity index (χ2v) is 8.15. The molecule has 27 heavy (non-hydrogen) atoms. The average Bonchev–Trinajstić information content (AvgIpc) is 3.26. The van der Waals surface area contributed by atoms with Crippen molar-refractivity contribution in [3.05, 3.63) is 56.6 Å². The molecule has 5 N–H and O–H groups in total. The maximum atomic E-state index is 11.1. The minimum Gasteiger partial charge on any atom is -0.366 e. The van der Waals surface area contributed by atoms with Gasteiger partial charge in [-0.1, -0.05) is 22.0 Å². The van der Waals surface area contributed by atoms with Crippen molar-refractivity contribution in [3.8, 4) is 0 Å². The van der Waals surface area contributed by atoms with E-state index in [1.165, 1.54) is 35.1 Å². The molecule has 4 rings (SSSR count). The number of benzene rings is 2. The quantitative estimate of drug-likeness (QED) is 0.523. The molecule has 2 aromatic carbocycles. The van der Waals surface area contributed by atoms with E-state index in [2.05, 4.69) is 39.9 Å². The molecule has 0 aromatic heterocycles. The second-order valence-electron chi connectivity index (χ2n) is 6.75. The highest BCUT2D eigenvalue weighted by molar-refractivity contribution is 9.10. The Balaban J connectivity index is 0.000000168. The first-order valence-electron chi connectivity index (χ1n) is 8.88. The number of hydrogen-bond donors (Lipinski definition) is 4. The number of fused-ring (bicyclic) bond motifs is 2. The number of thiol groups is 1. The maximum Gasteiger partial charge on any atom is 0.316 e. The summed E-state index contributed by atoms with van der Waals surface area (Å²) in [5.74, 6) is -0.462. The number of carbonyl (C=O) groups is 2. The van der Waals surface area contributed by atoms with Crippen molar-refractivity contribution in [1.82, 2.24) is 0 Å². The van der Waals surface area contributed by atoms with Gasteiger partial charge in [-0.25, -0.2) is 4.79 Å². The Labute approximate surface area is 172 Å². The first-order valence-corrected chi connectivity index (χ1v) is 10.1. The van der Waals surface area contributed by atoms with Crippen molar-refractivity contribution in [1.29, 1.82) is 0 Å². The largest absolute Gasteiger partial charge is 0.366 e. The Bertz CT molecular complexity index is 882. The Morgan fingerprint density at radius 2 is 1.56 bits per heavy atom. The van der Waals surface area contributed by atoms with Crippen molar-refractivity contribution < 1.29 is 9.59 Å². The number of nitrogens with one attached hydrogen (secondary N) is 1. The van der Waals surface area contributed by atoms with Crippen LogP contribution in [0.3, 0.4) is 0 Å². The van der Waals surface area contributed by atoms with Crippen LogP contribution in [0.1, 0.15) is 45.5 Å². The molecule has 5 nitrogen and oxygen atoms in total. The SMILES string of the molecule is NC(=O)Nc1c2c(cc3c1CCC3)CCC2.NC(=O)c1cc(Br)ccc1S. The fourth-order valence-corrected chi connectivity index (χ4v) is 4.41. The van der Waals surface area contributed by atoms with Crippen LogP contribution in [-0.4, -0.2) is 11.9 Å². The summed E-state index contributed by atoms with van der Waals surface area (Å²) in [6.45, 7) is 0. The number of halogens is 1. The number of rotatable bonds is 2. The van der Waals surface area contributed by atoms with Crippen LogP contribution in [0, 0.1) is 0 Å². The standard InChI is InChI=1S/C13H16N2O.C7H6BrNOS/c14-13(16)15-12-10-5-1-3-8(10)7-9-4-2-6-11(9)12;8-4-1-2-6(11)5(3-4)7(9)10/h7H,1-6H2,(H3,14,15,16);1-3,11H,(H2,9,10). The Hall–Kier alpha value is -1.99. The molecule has 0 bridgehead atoms. The van der Waals surface area contributed by atoms with Gasteiger partial charge >= 0.3 is 6.03 Å². The Morgan fingerprint density at radius 3 is 2.04 bits per heavy atom. The predicted octanol–water partition coefficient (Wildman–Crippen LogP) is 3.99. The zero-order valence-corrected chi connectivity index (χ0v) is 17.3. The van der Waals surface area contributed by atoms with E-state index in [9.17, 15) is 9.59 Å². The van der Waals surface area contributed by atoms with Gasteiger partial charge in [-0.05, 0) is 79.0 Å². The van der Waals surface area contributed by atoms with Crippen molar-refractivity contribution in [2.24, 2.45) is 11.5 Å². The van der Waals surface area contributed by atoms with Gasteiger partial charge < -0.3 is 16.8 Å². The van der Waals surface area contributed by atoms with E-state index in [0.29, 0.717) is 10.5 Å². The summed E-state index contributed by atoms with van der Waals surface area (Å²) in [5.41, 5.74) is 17.3. The van der Waals surface area contributed by atoms with Gasteiger partial charge in [-0.3, -0.25) is 4.79 Å². The van der Waals surface area contributed by atoms with Crippen molar-refractivity contribution in [3.63, 3.8) is 0 Å². The highest BCUT2D eigenvalue weighted by Crippen LogP contribution is 2.38. The highest BCUT2D eigenvalue weighted by Gasteiger charge is 2.24. The first kappa shape index (κ1) is 19.8. The van der Waals surface area contributed by atoms with Crippen LogP contribution in [0.15, 0.2) is 33.6 Å². The maximum absolute atomic E-state index is 11.1. The van der Waals surface area contributed by atoms with Crippen LogP contribution in [0.2, 0.25) is 0 Å². The molecule has 0 atom stereocenters. The Kier molecular flexibility index (Phi) is 6.11. The van der Waals surface area contributed by atoms with E-state index in [1.54, 1.807) is 18.2 Å². The van der Waals surface area contributed by atoms with Crippen LogP contribution < -0.4 is 16.8 Å². The number of primary amides is 2. The van der Waals surface area contributed by atoms with E-state index >= 15 is 0 Å². The third-order valence-electron chi connectivity index (χ3n) is 4.95. The van der Waals surface area contributed by atoms with Gasteiger partial charge in [-0.15, -0.1) is 12.6 Å². The summed E-state index contributed by atoms with van der Waals surface area (Å²) >= 11 is 7.29. The average molecular weight is 448 g/mol. The summed E-state index contributed by atoms with van der Waals surface area (Å²) in [4.78, 5) is 22.4. The fraction of sp³-hybridized carbons (Fsp3) is 0.300. The van der Waals surface area contributed by atoms with Gasteiger partial charge in [-0.2, -0.15) is 0 Å². The molecule has 0 radical (unpaired) electrons. The van der Waals surface area contributed by atoms with E-state index in [1.807, 2.05) is 0 Å². The van der Waals surface area contributed by atoms with E-state index in [4.69, 9.17) is 11.5 Å². The normalized spacial score (nSPS) is 14.0. The molecule has 0 fully saturated rings. The van der Waals surface area contributed by atoms with Gasteiger partial charge in [0.25, 0.3) is 0 Å². The molecular formula is C20H22BrN3O2S. The summed E-state index contributed by atoms with van der Waals surface area (Å²) in [6.07, 6.45) is 6.86. The zero-order chi connectivity index (χ0) is 19.6. The van der Waals surface area contributed by atoms with Crippen LogP contribution in [-0.2, 0) is 25.7 Å². The molecular weight excluding hydrogens is 426 g/mol. The molecule has 0 saturated heterocycles. The van der Waals surface area contributed by atoms with Crippen molar-refractivity contribution >= 4 is 46.2 Å². The molecule has 142 valence electrons. The molecule has 0 spiro atoms. The first-order chi connectivity index (χ1) is 12.9. The lowest BCUT2D eigenvalue weighted by molar-refractivity contribution is 0.0997. The van der Waals surface area contributed by atoms with Crippen molar-refractivity contribution in [2.75, 3.05) is 5.32 Å². The van der Waals surface area contributed by atoms with Crippen LogP contribution >= 0.6 is 28.6 Å². The van der Waals surface area contributed by atoms with Gasteiger partial charge in [0, 0.05) is 15.1 Å². The van der Waals surface area contributed by atoms with Crippen LogP contribution in [0.5, 0.6) is 0 Å².